The van der Waals surface area contributed by atoms with Crippen LogP contribution in [0.4, 0.5) is 0 Å². The molecule has 1 heterocycles. The summed E-state index contributed by atoms with van der Waals surface area (Å²) in [6, 6.07) is 16.2. The summed E-state index contributed by atoms with van der Waals surface area (Å²) in [6.07, 6.45) is 4.96. The fraction of sp³-hybridized carbons (Fsp3) is 0.273. The first kappa shape index (κ1) is 20.8. The van der Waals surface area contributed by atoms with Gasteiger partial charge in [-0.25, -0.2) is 12.7 Å². The maximum absolute atomic E-state index is 13.1. The normalized spacial score (nSPS) is 17.1. The average molecular weight is 413 g/mol. The predicted octanol–water partition coefficient (Wildman–Crippen LogP) is 4.63. The van der Waals surface area contributed by atoms with Gasteiger partial charge in [-0.1, -0.05) is 54.1 Å². The van der Waals surface area contributed by atoms with E-state index in [0.717, 1.165) is 15.4 Å². The molecule has 29 heavy (non-hydrogen) atoms. The van der Waals surface area contributed by atoms with Gasteiger partial charge in [0, 0.05) is 43.5 Å². The summed E-state index contributed by atoms with van der Waals surface area (Å²) in [5.74, 6) is -0.222. The lowest BCUT2D eigenvalue weighted by Gasteiger charge is -2.29. The Morgan fingerprint density at radius 2 is 1.69 bits per heavy atom. The van der Waals surface area contributed by atoms with E-state index in [1.165, 1.54) is 12.4 Å². The number of sulfonamides is 1. The zero-order chi connectivity index (χ0) is 21.2. The smallest absolute Gasteiger partial charge is 0.264 e. The van der Waals surface area contributed by atoms with Crippen LogP contribution in [0.5, 0.6) is 0 Å². The number of allylic oxidation sites excluding steroid dienone is 1. The van der Waals surface area contributed by atoms with Gasteiger partial charge in [-0.05, 0) is 30.2 Å². The highest BCUT2D eigenvalue weighted by Gasteiger charge is 2.36. The van der Waals surface area contributed by atoms with Gasteiger partial charge < -0.3 is 0 Å². The molecule has 3 rings (SSSR count). The summed E-state index contributed by atoms with van der Waals surface area (Å²) in [5, 5.41) is 11.5. The molecule has 0 saturated carbocycles. The van der Waals surface area contributed by atoms with E-state index in [1.54, 1.807) is 44.2 Å². The summed E-state index contributed by atoms with van der Waals surface area (Å²) in [5.41, 5.74) is 1.38. The first-order valence-corrected chi connectivity index (χ1v) is 10.7. The fourth-order valence-corrected chi connectivity index (χ4v) is 4.50. The lowest BCUT2D eigenvalue weighted by Crippen LogP contribution is -2.33. The molecule has 1 aliphatic heterocycles. The van der Waals surface area contributed by atoms with E-state index in [0.29, 0.717) is 5.57 Å². The lowest BCUT2D eigenvalue weighted by atomic mass is 9.83. The van der Waals surface area contributed by atoms with Crippen LogP contribution in [0.3, 0.4) is 0 Å². The van der Waals surface area contributed by atoms with Crippen LogP contribution in [-0.4, -0.2) is 23.2 Å². The molecule has 0 radical (unpaired) electrons. The number of hydrogen-bond acceptors (Lipinski definition) is 4. The van der Waals surface area contributed by atoms with Crippen LogP contribution in [0.1, 0.15) is 37.3 Å². The summed E-state index contributed by atoms with van der Waals surface area (Å²) >= 11 is 0. The highest BCUT2D eigenvalue weighted by Crippen LogP contribution is 2.37. The molecule has 7 heteroatoms. The maximum atomic E-state index is 13.1. The van der Waals surface area contributed by atoms with Crippen molar-refractivity contribution >= 4 is 10.0 Å². The third kappa shape index (κ3) is 4.40. The molecule has 0 aromatic heterocycles. The van der Waals surface area contributed by atoms with Crippen molar-refractivity contribution in [1.82, 2.24) is 4.31 Å². The summed E-state index contributed by atoms with van der Waals surface area (Å²) < 4.78 is 27.3. The Bertz CT molecular complexity index is 1060. The van der Waals surface area contributed by atoms with Crippen LogP contribution in [0.2, 0.25) is 0 Å². The van der Waals surface area contributed by atoms with E-state index in [1.807, 2.05) is 37.3 Å². The topological polar surface area (TPSA) is 80.5 Å². The lowest BCUT2D eigenvalue weighted by molar-refractivity contribution is -0.560. The van der Waals surface area contributed by atoms with Crippen molar-refractivity contribution in [2.75, 3.05) is 0 Å². The Hall–Kier alpha value is -2.93. The third-order valence-corrected chi connectivity index (χ3v) is 6.65. The molecule has 2 aromatic carbocycles. The van der Waals surface area contributed by atoms with Crippen molar-refractivity contribution in [2.45, 2.75) is 43.5 Å². The Labute approximate surface area is 171 Å². The van der Waals surface area contributed by atoms with Crippen molar-refractivity contribution in [3.8, 4) is 0 Å². The average Bonchev–Trinajstić information content (AvgIpc) is 2.68. The zero-order valence-electron chi connectivity index (χ0n) is 16.6. The van der Waals surface area contributed by atoms with E-state index in [2.05, 4.69) is 0 Å². The molecular weight excluding hydrogens is 388 g/mol. The minimum absolute atomic E-state index is 0.129. The number of nitro groups is 1. The number of rotatable bonds is 6. The molecule has 0 aliphatic carbocycles. The number of benzene rings is 2. The van der Waals surface area contributed by atoms with Gasteiger partial charge in [-0.15, -0.1) is 0 Å². The molecule has 152 valence electrons. The van der Waals surface area contributed by atoms with Crippen molar-refractivity contribution in [1.29, 1.82) is 0 Å². The van der Waals surface area contributed by atoms with E-state index < -0.39 is 15.6 Å². The van der Waals surface area contributed by atoms with Gasteiger partial charge in [0.15, 0.2) is 0 Å². The van der Waals surface area contributed by atoms with Crippen molar-refractivity contribution in [3.63, 3.8) is 0 Å². The van der Waals surface area contributed by atoms with E-state index in [9.17, 15) is 18.5 Å². The molecule has 0 bridgehead atoms. The second kappa shape index (κ2) is 7.83. The summed E-state index contributed by atoms with van der Waals surface area (Å²) in [6.45, 7) is 4.99. The van der Waals surface area contributed by atoms with Gasteiger partial charge in [-0.2, -0.15) is 0 Å². The molecule has 0 saturated heterocycles. The van der Waals surface area contributed by atoms with Crippen LogP contribution in [0.15, 0.2) is 83.5 Å². The molecule has 0 unspecified atom stereocenters. The standard InChI is InChI=1S/C22H24N2O4S/c1-17-9-11-20(12-10-17)29(27,28)23-14-13-21(18-7-5-4-6-8-18)19(16-23)15-22(2,3)24(25)26/h4-14,16,21H,15H2,1-3H3/t21-/m0/s1. The van der Waals surface area contributed by atoms with Crippen LogP contribution in [0, 0.1) is 17.0 Å². The Morgan fingerprint density at radius 3 is 2.28 bits per heavy atom. The first-order chi connectivity index (χ1) is 13.6. The van der Waals surface area contributed by atoms with Crippen LogP contribution >= 0.6 is 0 Å². The van der Waals surface area contributed by atoms with Gasteiger partial charge in [-0.3, -0.25) is 10.1 Å². The summed E-state index contributed by atoms with van der Waals surface area (Å²) in [4.78, 5) is 11.3. The van der Waals surface area contributed by atoms with Crippen LogP contribution < -0.4 is 0 Å². The quantitative estimate of drug-likeness (QED) is 0.512. The fourth-order valence-electron chi connectivity index (χ4n) is 3.27. The van der Waals surface area contributed by atoms with E-state index in [4.69, 9.17) is 0 Å². The van der Waals surface area contributed by atoms with Gasteiger partial charge in [0.05, 0.1) is 4.90 Å². The Kier molecular flexibility index (Phi) is 5.61. The van der Waals surface area contributed by atoms with Crippen molar-refractivity contribution < 1.29 is 13.3 Å². The maximum Gasteiger partial charge on any atom is 0.267 e. The van der Waals surface area contributed by atoms with Gasteiger partial charge in [0.2, 0.25) is 5.54 Å². The number of aryl methyl sites for hydroxylation is 1. The first-order valence-electron chi connectivity index (χ1n) is 9.30. The third-order valence-electron chi connectivity index (χ3n) is 5.00. The minimum Gasteiger partial charge on any atom is -0.264 e. The monoisotopic (exact) mass is 412 g/mol. The number of hydrogen-bond donors (Lipinski definition) is 0. The molecule has 0 amide bonds. The molecule has 1 atom stereocenters. The Balaban J connectivity index is 2.02. The van der Waals surface area contributed by atoms with Gasteiger partial charge in [0.25, 0.3) is 10.0 Å². The summed E-state index contributed by atoms with van der Waals surface area (Å²) in [7, 11) is -3.79. The van der Waals surface area contributed by atoms with Crippen LogP contribution in [0.25, 0.3) is 0 Å². The molecule has 0 spiro atoms. The zero-order valence-corrected chi connectivity index (χ0v) is 17.5. The van der Waals surface area contributed by atoms with E-state index in [-0.39, 0.29) is 22.2 Å². The predicted molar refractivity (Wildman–Crippen MR) is 112 cm³/mol. The van der Waals surface area contributed by atoms with E-state index >= 15 is 0 Å². The minimum atomic E-state index is -3.79. The highest BCUT2D eigenvalue weighted by molar-refractivity contribution is 7.89. The number of nitrogens with zero attached hydrogens (tertiary/aromatic N) is 2. The SMILES string of the molecule is Cc1ccc(S(=O)(=O)N2C=C[C@@H](c3ccccc3)C(CC(C)(C)[N+](=O)[O-])=C2)cc1. The molecule has 0 fully saturated rings. The largest absolute Gasteiger partial charge is 0.267 e. The highest BCUT2D eigenvalue weighted by atomic mass is 32.2. The van der Waals surface area contributed by atoms with Crippen molar-refractivity contribution in [3.05, 3.63) is 99.9 Å². The van der Waals surface area contributed by atoms with Gasteiger partial charge >= 0.3 is 0 Å². The molecule has 0 N–H and O–H groups in total. The second-order valence-corrected chi connectivity index (χ2v) is 9.67. The molecule has 2 aromatic rings. The van der Waals surface area contributed by atoms with Crippen molar-refractivity contribution in [2.24, 2.45) is 0 Å². The molecular formula is C22H24N2O4S. The van der Waals surface area contributed by atoms with Gasteiger partial charge in [0.1, 0.15) is 0 Å². The molecule has 1 aliphatic rings. The molecule has 6 nitrogen and oxygen atoms in total. The second-order valence-electron chi connectivity index (χ2n) is 7.83. The Morgan fingerprint density at radius 1 is 1.07 bits per heavy atom. The van der Waals surface area contributed by atoms with Crippen LogP contribution in [-0.2, 0) is 10.0 Å².